The van der Waals surface area contributed by atoms with Crippen LogP contribution in [0.5, 0.6) is 0 Å². The number of nitro groups is 1. The Bertz CT molecular complexity index is 616. The highest BCUT2D eigenvalue weighted by molar-refractivity contribution is 14.1. The summed E-state index contributed by atoms with van der Waals surface area (Å²) in [6, 6.07) is 10.5. The Labute approximate surface area is 129 Å². The first-order valence-electron chi connectivity index (χ1n) is 6.01. The fourth-order valence-corrected chi connectivity index (χ4v) is 2.00. The minimum atomic E-state index is -0.429. The molecule has 2 rings (SSSR count). The average Bonchev–Trinajstić information content (AvgIpc) is 2.41. The number of rotatable bonds is 5. The maximum Gasteiger partial charge on any atom is 0.276 e. The van der Waals surface area contributed by atoms with Crippen LogP contribution >= 0.6 is 22.6 Å². The third-order valence-corrected chi connectivity index (χ3v) is 3.21. The maximum absolute atomic E-state index is 10.9. The van der Waals surface area contributed by atoms with Gasteiger partial charge in [0.15, 0.2) is 0 Å². The summed E-state index contributed by atoms with van der Waals surface area (Å²) >= 11 is 2.22. The van der Waals surface area contributed by atoms with E-state index in [0.29, 0.717) is 18.2 Å². The molecule has 0 unspecified atom stereocenters. The Morgan fingerprint density at radius 3 is 2.50 bits per heavy atom. The molecule has 0 saturated heterocycles. The van der Waals surface area contributed by atoms with E-state index in [1.165, 1.54) is 12.1 Å². The van der Waals surface area contributed by atoms with Gasteiger partial charge in [-0.25, -0.2) is 4.98 Å². The Balaban J connectivity index is 2.29. The SMILES string of the molecule is CCNc1cc([N+](=O)[O-])cc(Nc2ccc(I)cc2)n1. The van der Waals surface area contributed by atoms with Gasteiger partial charge in [-0.1, -0.05) is 0 Å². The molecule has 0 spiro atoms. The van der Waals surface area contributed by atoms with Crippen LogP contribution in [0.4, 0.5) is 23.0 Å². The van der Waals surface area contributed by atoms with Gasteiger partial charge in [0.25, 0.3) is 5.69 Å². The maximum atomic E-state index is 10.9. The van der Waals surface area contributed by atoms with E-state index in [1.54, 1.807) is 0 Å². The van der Waals surface area contributed by atoms with Gasteiger partial charge in [0.2, 0.25) is 0 Å². The summed E-state index contributed by atoms with van der Waals surface area (Å²) < 4.78 is 1.12. The Morgan fingerprint density at radius 1 is 1.25 bits per heavy atom. The van der Waals surface area contributed by atoms with Crippen molar-refractivity contribution < 1.29 is 4.92 Å². The Morgan fingerprint density at radius 2 is 1.90 bits per heavy atom. The second-order valence-corrected chi connectivity index (χ2v) is 5.26. The van der Waals surface area contributed by atoms with E-state index >= 15 is 0 Å². The van der Waals surface area contributed by atoms with Crippen molar-refractivity contribution in [2.24, 2.45) is 0 Å². The van der Waals surface area contributed by atoms with E-state index in [2.05, 4.69) is 38.2 Å². The number of benzene rings is 1. The summed E-state index contributed by atoms with van der Waals surface area (Å²) in [6.07, 6.45) is 0. The lowest BCUT2D eigenvalue weighted by Gasteiger charge is -2.08. The number of anilines is 3. The summed E-state index contributed by atoms with van der Waals surface area (Å²) in [4.78, 5) is 14.8. The fraction of sp³-hybridized carbons (Fsp3) is 0.154. The third-order valence-electron chi connectivity index (χ3n) is 2.50. The minimum Gasteiger partial charge on any atom is -0.370 e. The van der Waals surface area contributed by atoms with Crippen LogP contribution in [-0.4, -0.2) is 16.5 Å². The monoisotopic (exact) mass is 384 g/mol. The van der Waals surface area contributed by atoms with E-state index < -0.39 is 4.92 Å². The van der Waals surface area contributed by atoms with Gasteiger partial charge in [0.1, 0.15) is 11.6 Å². The first kappa shape index (κ1) is 14.5. The lowest BCUT2D eigenvalue weighted by molar-refractivity contribution is -0.384. The number of halogens is 1. The summed E-state index contributed by atoms with van der Waals surface area (Å²) in [5.74, 6) is 0.922. The van der Waals surface area contributed by atoms with Crippen LogP contribution in [0, 0.1) is 13.7 Å². The average molecular weight is 384 g/mol. The molecule has 0 atom stereocenters. The van der Waals surface area contributed by atoms with E-state index in [-0.39, 0.29) is 5.69 Å². The molecule has 0 aliphatic rings. The van der Waals surface area contributed by atoms with Crippen molar-refractivity contribution in [2.75, 3.05) is 17.2 Å². The zero-order valence-corrected chi connectivity index (χ0v) is 12.9. The zero-order valence-electron chi connectivity index (χ0n) is 10.8. The molecule has 0 saturated carbocycles. The molecule has 1 heterocycles. The molecule has 20 heavy (non-hydrogen) atoms. The van der Waals surface area contributed by atoms with Crippen molar-refractivity contribution in [3.05, 3.63) is 50.1 Å². The molecule has 104 valence electrons. The fourth-order valence-electron chi connectivity index (χ4n) is 1.64. The molecule has 0 bridgehead atoms. The topological polar surface area (TPSA) is 80.1 Å². The highest BCUT2D eigenvalue weighted by atomic mass is 127. The second kappa shape index (κ2) is 6.51. The molecule has 2 aromatic rings. The molecule has 1 aromatic heterocycles. The minimum absolute atomic E-state index is 0.00367. The normalized spacial score (nSPS) is 10.1. The molecule has 7 heteroatoms. The number of nitrogens with one attached hydrogen (secondary N) is 2. The smallest absolute Gasteiger partial charge is 0.276 e. The van der Waals surface area contributed by atoms with Gasteiger partial charge < -0.3 is 10.6 Å². The Hall–Kier alpha value is -1.90. The summed E-state index contributed by atoms with van der Waals surface area (Å²) in [6.45, 7) is 2.56. The van der Waals surface area contributed by atoms with Crippen LogP contribution < -0.4 is 10.6 Å². The largest absolute Gasteiger partial charge is 0.370 e. The van der Waals surface area contributed by atoms with E-state index in [1.807, 2.05) is 31.2 Å². The summed E-state index contributed by atoms with van der Waals surface area (Å²) in [7, 11) is 0. The highest BCUT2D eigenvalue weighted by Gasteiger charge is 2.11. The number of hydrogen-bond acceptors (Lipinski definition) is 5. The summed E-state index contributed by atoms with van der Waals surface area (Å²) in [5.41, 5.74) is 0.838. The molecule has 0 amide bonds. The van der Waals surface area contributed by atoms with Gasteiger partial charge in [0.05, 0.1) is 17.1 Å². The first-order chi connectivity index (χ1) is 9.58. The number of hydrogen-bond donors (Lipinski definition) is 2. The van der Waals surface area contributed by atoms with Crippen LogP contribution in [0.1, 0.15) is 6.92 Å². The summed E-state index contributed by atoms with van der Waals surface area (Å²) in [5, 5.41) is 17.0. The predicted octanol–water partition coefficient (Wildman–Crippen LogP) is 3.77. The zero-order chi connectivity index (χ0) is 14.5. The molecule has 1 aromatic carbocycles. The quantitative estimate of drug-likeness (QED) is 0.466. The lowest BCUT2D eigenvalue weighted by atomic mass is 10.3. The van der Waals surface area contributed by atoms with E-state index in [0.717, 1.165) is 9.26 Å². The van der Waals surface area contributed by atoms with Crippen LogP contribution in [0.25, 0.3) is 0 Å². The predicted molar refractivity (Wildman–Crippen MR) is 87.5 cm³/mol. The molecule has 0 fully saturated rings. The van der Waals surface area contributed by atoms with Crippen molar-refractivity contribution in [3.8, 4) is 0 Å². The third kappa shape index (κ3) is 3.80. The van der Waals surface area contributed by atoms with Crippen LogP contribution in [-0.2, 0) is 0 Å². The van der Waals surface area contributed by atoms with Crippen molar-refractivity contribution in [3.63, 3.8) is 0 Å². The lowest BCUT2D eigenvalue weighted by Crippen LogP contribution is -2.03. The van der Waals surface area contributed by atoms with Crippen molar-refractivity contribution in [1.82, 2.24) is 4.98 Å². The van der Waals surface area contributed by atoms with Crippen LogP contribution in [0.2, 0.25) is 0 Å². The van der Waals surface area contributed by atoms with E-state index in [9.17, 15) is 10.1 Å². The number of pyridine rings is 1. The molecule has 0 aliphatic carbocycles. The van der Waals surface area contributed by atoms with Crippen LogP contribution in [0.15, 0.2) is 36.4 Å². The first-order valence-corrected chi connectivity index (χ1v) is 7.09. The Kier molecular flexibility index (Phi) is 4.72. The van der Waals surface area contributed by atoms with Crippen molar-refractivity contribution >= 4 is 45.6 Å². The van der Waals surface area contributed by atoms with Gasteiger partial charge in [-0.2, -0.15) is 0 Å². The molecule has 0 radical (unpaired) electrons. The van der Waals surface area contributed by atoms with Crippen molar-refractivity contribution in [1.29, 1.82) is 0 Å². The highest BCUT2D eigenvalue weighted by Crippen LogP contribution is 2.23. The second-order valence-electron chi connectivity index (χ2n) is 4.02. The van der Waals surface area contributed by atoms with Gasteiger partial charge in [-0.05, 0) is 53.8 Å². The molecule has 0 aliphatic heterocycles. The van der Waals surface area contributed by atoms with Gasteiger partial charge in [-0.3, -0.25) is 10.1 Å². The number of nitrogens with zero attached hydrogens (tertiary/aromatic N) is 2. The molecule has 6 nitrogen and oxygen atoms in total. The standard InChI is InChI=1S/C13H13IN4O2/c1-2-15-12-7-11(18(19)20)8-13(17-12)16-10-5-3-9(14)4-6-10/h3-8H,2H2,1H3,(H2,15,16,17). The van der Waals surface area contributed by atoms with Crippen molar-refractivity contribution in [2.45, 2.75) is 6.92 Å². The van der Waals surface area contributed by atoms with E-state index in [4.69, 9.17) is 0 Å². The van der Waals surface area contributed by atoms with Gasteiger partial charge >= 0.3 is 0 Å². The number of aromatic nitrogens is 1. The molecular formula is C13H13IN4O2. The van der Waals surface area contributed by atoms with Gasteiger partial charge in [0, 0.05) is 15.8 Å². The van der Waals surface area contributed by atoms with Gasteiger partial charge in [-0.15, -0.1) is 0 Å². The molecule has 2 N–H and O–H groups in total. The molecular weight excluding hydrogens is 371 g/mol. The van der Waals surface area contributed by atoms with Crippen LogP contribution in [0.3, 0.4) is 0 Å².